The minimum absolute atomic E-state index is 0.627. The summed E-state index contributed by atoms with van der Waals surface area (Å²) in [5.41, 5.74) is 2.49. The summed E-state index contributed by atoms with van der Waals surface area (Å²) in [6.45, 7) is 6.26. The Hall–Kier alpha value is -0.900. The van der Waals surface area contributed by atoms with Gasteiger partial charge in [0, 0.05) is 13.1 Å². The predicted octanol–water partition coefficient (Wildman–Crippen LogP) is 1.61. The Kier molecular flexibility index (Phi) is 3.59. The lowest BCUT2D eigenvalue weighted by Crippen LogP contribution is -2.13. The molecule has 1 aromatic rings. The minimum Gasteiger partial charge on any atom is -0.314 e. The molecule has 1 aromatic heterocycles. The Morgan fingerprint density at radius 1 is 1.44 bits per heavy atom. The lowest BCUT2D eigenvalue weighted by atomic mass is 10.1. The van der Waals surface area contributed by atoms with Gasteiger partial charge in [-0.25, -0.2) is 4.68 Å². The molecule has 0 amide bonds. The molecule has 0 spiro atoms. The molecule has 0 atom stereocenters. The molecule has 16 heavy (non-hydrogen) atoms. The zero-order valence-corrected chi connectivity index (χ0v) is 10.5. The van der Waals surface area contributed by atoms with Crippen molar-refractivity contribution in [3.8, 4) is 0 Å². The molecule has 4 heteroatoms. The number of nitrogens with one attached hydrogen (secondary N) is 1. The number of aromatic nitrogens is 3. The van der Waals surface area contributed by atoms with Gasteiger partial charge in [-0.1, -0.05) is 19.1 Å². The van der Waals surface area contributed by atoms with Crippen molar-refractivity contribution in [3.63, 3.8) is 0 Å². The van der Waals surface area contributed by atoms with Crippen LogP contribution in [-0.2, 0) is 19.5 Å². The van der Waals surface area contributed by atoms with E-state index in [0.717, 1.165) is 31.1 Å². The zero-order valence-electron chi connectivity index (χ0n) is 10.5. The summed E-state index contributed by atoms with van der Waals surface area (Å²) in [7, 11) is 1.96. The van der Waals surface area contributed by atoms with E-state index in [-0.39, 0.29) is 0 Å². The van der Waals surface area contributed by atoms with Crippen LogP contribution in [0.25, 0.3) is 0 Å². The fraction of sp³-hybridized carbons (Fsp3) is 0.833. The first kappa shape index (κ1) is 11.6. The van der Waals surface area contributed by atoms with Crippen LogP contribution in [-0.4, -0.2) is 22.0 Å². The van der Waals surface area contributed by atoms with Gasteiger partial charge in [-0.2, -0.15) is 0 Å². The van der Waals surface area contributed by atoms with Crippen LogP contribution in [0.5, 0.6) is 0 Å². The molecule has 0 saturated heterocycles. The molecule has 2 rings (SSSR count). The van der Waals surface area contributed by atoms with E-state index in [9.17, 15) is 0 Å². The van der Waals surface area contributed by atoms with Gasteiger partial charge in [0.2, 0.25) is 0 Å². The smallest absolute Gasteiger partial charge is 0.0996 e. The van der Waals surface area contributed by atoms with Gasteiger partial charge in [-0.05, 0) is 38.1 Å². The summed E-state index contributed by atoms with van der Waals surface area (Å²) >= 11 is 0. The SMILES string of the molecule is CNCc1nnn(CC(C)C)c1CC1CC1. The topological polar surface area (TPSA) is 42.7 Å². The second-order valence-electron chi connectivity index (χ2n) is 5.24. The normalized spacial score (nSPS) is 16.0. The molecule has 0 unspecified atom stereocenters. The average Bonchev–Trinajstić information content (AvgIpc) is 2.96. The highest BCUT2D eigenvalue weighted by Gasteiger charge is 2.25. The monoisotopic (exact) mass is 222 g/mol. The highest BCUT2D eigenvalue weighted by atomic mass is 15.4. The van der Waals surface area contributed by atoms with E-state index in [2.05, 4.69) is 34.2 Å². The van der Waals surface area contributed by atoms with Crippen molar-refractivity contribution in [2.24, 2.45) is 11.8 Å². The van der Waals surface area contributed by atoms with Crippen LogP contribution in [0.4, 0.5) is 0 Å². The van der Waals surface area contributed by atoms with Crippen LogP contribution in [0.15, 0.2) is 0 Å². The molecule has 1 heterocycles. The molecule has 1 fully saturated rings. The molecule has 1 N–H and O–H groups in total. The van der Waals surface area contributed by atoms with Gasteiger partial charge in [0.25, 0.3) is 0 Å². The Balaban J connectivity index is 2.14. The third-order valence-electron chi connectivity index (χ3n) is 2.98. The number of nitrogens with zero attached hydrogens (tertiary/aromatic N) is 3. The van der Waals surface area contributed by atoms with E-state index in [1.807, 2.05) is 7.05 Å². The molecule has 0 bridgehead atoms. The van der Waals surface area contributed by atoms with Gasteiger partial charge < -0.3 is 5.32 Å². The third kappa shape index (κ3) is 2.82. The summed E-state index contributed by atoms with van der Waals surface area (Å²) < 4.78 is 2.11. The standard InChI is InChI=1S/C12H22N4/c1-9(2)8-16-12(6-10-4-5-10)11(7-13-3)14-15-16/h9-10,13H,4-8H2,1-3H3. The van der Waals surface area contributed by atoms with Crippen LogP contribution in [0, 0.1) is 11.8 Å². The lowest BCUT2D eigenvalue weighted by Gasteiger charge is -2.09. The van der Waals surface area contributed by atoms with Crippen molar-refractivity contribution in [2.75, 3.05) is 7.05 Å². The Labute approximate surface area is 97.4 Å². The molecular formula is C12H22N4. The van der Waals surface area contributed by atoms with Crippen molar-refractivity contribution < 1.29 is 0 Å². The first-order valence-corrected chi connectivity index (χ1v) is 6.26. The molecule has 90 valence electrons. The van der Waals surface area contributed by atoms with E-state index in [1.54, 1.807) is 0 Å². The largest absolute Gasteiger partial charge is 0.314 e. The molecule has 1 saturated carbocycles. The Morgan fingerprint density at radius 3 is 2.75 bits per heavy atom. The second kappa shape index (κ2) is 4.95. The van der Waals surface area contributed by atoms with Gasteiger partial charge in [0.15, 0.2) is 0 Å². The van der Waals surface area contributed by atoms with Crippen LogP contribution in [0.1, 0.15) is 38.1 Å². The first-order chi connectivity index (χ1) is 7.70. The number of hydrogen-bond acceptors (Lipinski definition) is 3. The Bertz CT molecular complexity index is 339. The molecule has 4 nitrogen and oxygen atoms in total. The van der Waals surface area contributed by atoms with Crippen LogP contribution < -0.4 is 5.32 Å². The summed E-state index contributed by atoms with van der Waals surface area (Å²) in [5, 5.41) is 11.7. The van der Waals surface area contributed by atoms with Crippen molar-refractivity contribution in [3.05, 3.63) is 11.4 Å². The summed E-state index contributed by atoms with van der Waals surface area (Å²) in [4.78, 5) is 0. The quantitative estimate of drug-likeness (QED) is 0.795. The minimum atomic E-state index is 0.627. The van der Waals surface area contributed by atoms with Gasteiger partial charge in [0.05, 0.1) is 11.4 Å². The summed E-state index contributed by atoms with van der Waals surface area (Å²) in [6, 6.07) is 0. The van der Waals surface area contributed by atoms with E-state index >= 15 is 0 Å². The van der Waals surface area contributed by atoms with E-state index in [4.69, 9.17) is 0 Å². The maximum Gasteiger partial charge on any atom is 0.0996 e. The maximum absolute atomic E-state index is 4.29. The third-order valence-corrected chi connectivity index (χ3v) is 2.98. The maximum atomic E-state index is 4.29. The van der Waals surface area contributed by atoms with E-state index < -0.39 is 0 Å². The van der Waals surface area contributed by atoms with Crippen molar-refractivity contribution in [1.29, 1.82) is 0 Å². The van der Waals surface area contributed by atoms with Gasteiger partial charge in [-0.3, -0.25) is 0 Å². The molecule has 0 radical (unpaired) electrons. The molecular weight excluding hydrogens is 200 g/mol. The Morgan fingerprint density at radius 2 is 2.19 bits per heavy atom. The number of rotatable bonds is 6. The van der Waals surface area contributed by atoms with E-state index in [1.165, 1.54) is 18.5 Å². The van der Waals surface area contributed by atoms with Gasteiger partial charge in [-0.15, -0.1) is 5.10 Å². The summed E-state index contributed by atoms with van der Waals surface area (Å²) in [6.07, 6.45) is 3.93. The highest BCUT2D eigenvalue weighted by molar-refractivity contribution is 5.12. The van der Waals surface area contributed by atoms with Crippen LogP contribution in [0.2, 0.25) is 0 Å². The van der Waals surface area contributed by atoms with Crippen molar-refractivity contribution in [2.45, 2.75) is 46.2 Å². The van der Waals surface area contributed by atoms with Crippen LogP contribution in [0.3, 0.4) is 0 Å². The second-order valence-corrected chi connectivity index (χ2v) is 5.24. The highest BCUT2D eigenvalue weighted by Crippen LogP contribution is 2.33. The van der Waals surface area contributed by atoms with Gasteiger partial charge in [0.1, 0.15) is 0 Å². The molecule has 1 aliphatic rings. The average molecular weight is 222 g/mol. The van der Waals surface area contributed by atoms with Crippen molar-refractivity contribution >= 4 is 0 Å². The fourth-order valence-electron chi connectivity index (χ4n) is 1.98. The number of hydrogen-bond donors (Lipinski definition) is 1. The predicted molar refractivity (Wildman–Crippen MR) is 64.1 cm³/mol. The van der Waals surface area contributed by atoms with Gasteiger partial charge >= 0.3 is 0 Å². The molecule has 0 aliphatic heterocycles. The molecule has 1 aliphatic carbocycles. The molecule has 0 aromatic carbocycles. The van der Waals surface area contributed by atoms with Crippen LogP contribution >= 0.6 is 0 Å². The lowest BCUT2D eigenvalue weighted by molar-refractivity contribution is 0.455. The first-order valence-electron chi connectivity index (χ1n) is 6.26. The summed E-state index contributed by atoms with van der Waals surface area (Å²) in [5.74, 6) is 1.52. The zero-order chi connectivity index (χ0) is 11.5. The van der Waals surface area contributed by atoms with Crippen molar-refractivity contribution in [1.82, 2.24) is 20.3 Å². The fourth-order valence-corrected chi connectivity index (χ4v) is 1.98. The van der Waals surface area contributed by atoms with E-state index in [0.29, 0.717) is 5.92 Å².